The number of nitrogens with zero attached hydrogens (tertiary/aromatic N) is 1. The number of fused-ring (bicyclic) bond motifs is 1. The Morgan fingerprint density at radius 3 is 2.82 bits per heavy atom. The molecule has 0 spiro atoms. The molecule has 8 heteroatoms. The summed E-state index contributed by atoms with van der Waals surface area (Å²) in [5.74, 6) is -0.795. The van der Waals surface area contributed by atoms with Crippen LogP contribution in [0.3, 0.4) is 0 Å². The van der Waals surface area contributed by atoms with Crippen molar-refractivity contribution in [3.63, 3.8) is 0 Å². The Morgan fingerprint density at radius 2 is 2.09 bits per heavy atom. The summed E-state index contributed by atoms with van der Waals surface area (Å²) in [6, 6.07) is 3.75. The fraction of sp³-hybridized carbons (Fsp3) is 0.0714. The zero-order chi connectivity index (χ0) is 15.9. The van der Waals surface area contributed by atoms with Crippen molar-refractivity contribution in [1.29, 1.82) is 0 Å². The average molecular weight is 444 g/mol. The number of ether oxygens (including phenoxy) is 1. The first-order valence-electron chi connectivity index (χ1n) is 6.06. The number of rotatable bonds is 3. The lowest BCUT2D eigenvalue weighted by molar-refractivity contribution is 0.0595. The van der Waals surface area contributed by atoms with Gasteiger partial charge in [-0.25, -0.2) is 9.78 Å². The quantitative estimate of drug-likeness (QED) is 0.487. The number of aromatic nitrogens is 2. The zero-order valence-corrected chi connectivity index (χ0v) is 15.1. The van der Waals surface area contributed by atoms with Crippen molar-refractivity contribution in [2.75, 3.05) is 7.11 Å². The van der Waals surface area contributed by atoms with Gasteiger partial charge in [0.25, 0.3) is 0 Å². The molecule has 0 saturated carbocycles. The fourth-order valence-electron chi connectivity index (χ4n) is 2.03. The van der Waals surface area contributed by atoms with Gasteiger partial charge in [0.1, 0.15) is 0 Å². The number of ketones is 1. The first-order valence-corrected chi connectivity index (χ1v) is 8.52. The lowest BCUT2D eigenvalue weighted by Gasteiger charge is -1.99. The molecule has 2 aromatic heterocycles. The SMILES string of the molecule is COC(=O)c1csc(C(=O)c2c[nH]c3c(Br)cc(Br)cc23)n1. The van der Waals surface area contributed by atoms with Gasteiger partial charge in [-0.05, 0) is 28.1 Å². The lowest BCUT2D eigenvalue weighted by atomic mass is 10.1. The van der Waals surface area contributed by atoms with Crippen LogP contribution >= 0.6 is 43.2 Å². The van der Waals surface area contributed by atoms with Crippen LogP contribution in [0.4, 0.5) is 0 Å². The average Bonchev–Trinajstić information content (AvgIpc) is 3.12. The minimum Gasteiger partial charge on any atom is -0.464 e. The van der Waals surface area contributed by atoms with Crippen LogP contribution in [-0.4, -0.2) is 28.8 Å². The predicted molar refractivity (Wildman–Crippen MR) is 90.6 cm³/mol. The molecule has 3 aromatic rings. The Bertz CT molecular complexity index is 901. The molecule has 3 rings (SSSR count). The number of hydrogen-bond donors (Lipinski definition) is 1. The molecule has 1 aromatic carbocycles. The Labute approximate surface area is 146 Å². The molecule has 0 bridgehead atoms. The third kappa shape index (κ3) is 2.62. The number of thiazole rings is 1. The van der Waals surface area contributed by atoms with E-state index >= 15 is 0 Å². The molecule has 0 radical (unpaired) electrons. The van der Waals surface area contributed by atoms with Crippen molar-refractivity contribution >= 4 is 65.9 Å². The van der Waals surface area contributed by atoms with Crippen molar-refractivity contribution in [2.45, 2.75) is 0 Å². The minimum absolute atomic E-state index is 0.137. The number of esters is 1. The summed E-state index contributed by atoms with van der Waals surface area (Å²) in [6.07, 6.45) is 1.64. The first-order chi connectivity index (χ1) is 10.5. The van der Waals surface area contributed by atoms with Crippen molar-refractivity contribution in [2.24, 2.45) is 0 Å². The van der Waals surface area contributed by atoms with Gasteiger partial charge >= 0.3 is 5.97 Å². The fourth-order valence-corrected chi connectivity index (χ4v) is 4.11. The number of benzene rings is 1. The van der Waals surface area contributed by atoms with E-state index < -0.39 is 5.97 Å². The molecule has 112 valence electrons. The molecular weight excluding hydrogens is 436 g/mol. The number of methoxy groups -OCH3 is 1. The normalized spacial score (nSPS) is 10.9. The monoisotopic (exact) mass is 442 g/mol. The molecule has 22 heavy (non-hydrogen) atoms. The van der Waals surface area contributed by atoms with E-state index in [2.05, 4.69) is 46.6 Å². The zero-order valence-electron chi connectivity index (χ0n) is 11.1. The Balaban J connectivity index is 2.06. The maximum absolute atomic E-state index is 12.6. The summed E-state index contributed by atoms with van der Waals surface area (Å²) >= 11 is 7.98. The number of H-pyrrole nitrogens is 1. The first kappa shape index (κ1) is 15.4. The van der Waals surface area contributed by atoms with Crippen LogP contribution in [0, 0.1) is 0 Å². The Kier molecular flexibility index (Phi) is 4.16. The van der Waals surface area contributed by atoms with Gasteiger partial charge in [-0.15, -0.1) is 11.3 Å². The van der Waals surface area contributed by atoms with Gasteiger partial charge in [0.15, 0.2) is 10.7 Å². The van der Waals surface area contributed by atoms with E-state index in [-0.39, 0.29) is 16.5 Å². The van der Waals surface area contributed by atoms with E-state index in [1.54, 1.807) is 6.20 Å². The van der Waals surface area contributed by atoms with Crippen molar-refractivity contribution < 1.29 is 14.3 Å². The van der Waals surface area contributed by atoms with Gasteiger partial charge in [0, 0.05) is 25.9 Å². The summed E-state index contributed by atoms with van der Waals surface area (Å²) in [5.41, 5.74) is 1.47. The number of aromatic amines is 1. The number of carbonyl (C=O) groups excluding carboxylic acids is 2. The largest absolute Gasteiger partial charge is 0.464 e. The van der Waals surface area contributed by atoms with Gasteiger partial charge in [0.2, 0.25) is 5.78 Å². The van der Waals surface area contributed by atoms with Crippen LogP contribution in [0.2, 0.25) is 0 Å². The van der Waals surface area contributed by atoms with Crippen LogP contribution in [0.1, 0.15) is 25.9 Å². The molecule has 0 aliphatic carbocycles. The Morgan fingerprint density at radius 1 is 1.32 bits per heavy atom. The summed E-state index contributed by atoms with van der Waals surface area (Å²) in [6.45, 7) is 0. The second kappa shape index (κ2) is 5.94. The molecule has 0 unspecified atom stereocenters. The van der Waals surface area contributed by atoms with E-state index in [1.165, 1.54) is 12.5 Å². The van der Waals surface area contributed by atoms with E-state index in [0.717, 1.165) is 31.2 Å². The molecule has 0 atom stereocenters. The number of carbonyl (C=O) groups is 2. The highest BCUT2D eigenvalue weighted by Crippen LogP contribution is 2.31. The lowest BCUT2D eigenvalue weighted by Crippen LogP contribution is -2.04. The van der Waals surface area contributed by atoms with E-state index in [1.807, 2.05) is 12.1 Å². The Hall–Kier alpha value is -1.51. The van der Waals surface area contributed by atoms with Gasteiger partial charge in [-0.3, -0.25) is 4.79 Å². The standard InChI is InChI=1S/C14H8Br2N2O3S/c1-21-14(20)10-5-22-13(18-10)12(19)8-4-17-11-7(8)2-6(15)3-9(11)16/h2-5,17H,1H3. The number of halogens is 2. The van der Waals surface area contributed by atoms with Gasteiger partial charge < -0.3 is 9.72 Å². The highest BCUT2D eigenvalue weighted by Gasteiger charge is 2.20. The maximum Gasteiger partial charge on any atom is 0.357 e. The highest BCUT2D eigenvalue weighted by atomic mass is 79.9. The smallest absolute Gasteiger partial charge is 0.357 e. The van der Waals surface area contributed by atoms with Crippen molar-refractivity contribution in [3.05, 3.63) is 48.9 Å². The van der Waals surface area contributed by atoms with Gasteiger partial charge in [0.05, 0.1) is 18.2 Å². The summed E-state index contributed by atoms with van der Waals surface area (Å²) < 4.78 is 6.31. The molecule has 0 aliphatic heterocycles. The molecule has 0 aliphatic rings. The van der Waals surface area contributed by atoms with Crippen molar-refractivity contribution in [1.82, 2.24) is 9.97 Å². The number of hydrogen-bond acceptors (Lipinski definition) is 5. The van der Waals surface area contributed by atoms with Crippen LogP contribution in [-0.2, 0) is 4.74 Å². The molecule has 0 amide bonds. The number of nitrogens with one attached hydrogen (secondary N) is 1. The van der Waals surface area contributed by atoms with Crippen LogP contribution in [0.25, 0.3) is 10.9 Å². The molecule has 1 N–H and O–H groups in total. The second-order valence-corrected chi connectivity index (χ2v) is 7.00. The van der Waals surface area contributed by atoms with Crippen LogP contribution in [0.15, 0.2) is 32.7 Å². The topological polar surface area (TPSA) is 72.1 Å². The summed E-state index contributed by atoms with van der Waals surface area (Å²) in [4.78, 5) is 31.2. The summed E-state index contributed by atoms with van der Waals surface area (Å²) in [7, 11) is 1.28. The van der Waals surface area contributed by atoms with E-state index in [9.17, 15) is 9.59 Å². The van der Waals surface area contributed by atoms with E-state index in [4.69, 9.17) is 0 Å². The molecular formula is C14H8Br2N2O3S. The molecule has 0 fully saturated rings. The minimum atomic E-state index is -0.556. The third-order valence-corrected chi connectivity index (χ3v) is 4.97. The predicted octanol–water partition coefficient (Wildman–Crippen LogP) is 4.17. The van der Waals surface area contributed by atoms with E-state index in [0.29, 0.717) is 5.56 Å². The third-order valence-electron chi connectivity index (χ3n) is 3.04. The van der Waals surface area contributed by atoms with Gasteiger partial charge in [-0.2, -0.15) is 0 Å². The second-order valence-electron chi connectivity index (χ2n) is 4.37. The highest BCUT2D eigenvalue weighted by molar-refractivity contribution is 9.11. The van der Waals surface area contributed by atoms with Crippen molar-refractivity contribution in [3.8, 4) is 0 Å². The molecule has 2 heterocycles. The van der Waals surface area contributed by atoms with Gasteiger partial charge in [-0.1, -0.05) is 15.9 Å². The van der Waals surface area contributed by atoms with Crippen LogP contribution < -0.4 is 0 Å². The molecule has 5 nitrogen and oxygen atoms in total. The van der Waals surface area contributed by atoms with Crippen LogP contribution in [0.5, 0.6) is 0 Å². The summed E-state index contributed by atoms with van der Waals surface area (Å²) in [5, 5.41) is 2.54. The maximum atomic E-state index is 12.6. The molecule has 0 saturated heterocycles.